The highest BCUT2D eigenvalue weighted by Crippen LogP contribution is 2.09. The first-order valence-electron chi connectivity index (χ1n) is 7.38. The van der Waals surface area contributed by atoms with Gasteiger partial charge in [-0.1, -0.05) is 18.2 Å². The summed E-state index contributed by atoms with van der Waals surface area (Å²) < 4.78 is 4.88. The van der Waals surface area contributed by atoms with Crippen molar-refractivity contribution in [2.75, 3.05) is 18.5 Å². The van der Waals surface area contributed by atoms with Gasteiger partial charge >= 0.3 is 5.97 Å². The molecule has 1 aromatic carbocycles. The van der Waals surface area contributed by atoms with Gasteiger partial charge in [0.05, 0.1) is 11.3 Å². The van der Waals surface area contributed by atoms with E-state index in [4.69, 9.17) is 4.74 Å². The van der Waals surface area contributed by atoms with Gasteiger partial charge in [0, 0.05) is 12.2 Å². The molecule has 0 aliphatic carbocycles. The van der Waals surface area contributed by atoms with Crippen LogP contribution >= 0.6 is 11.3 Å². The summed E-state index contributed by atoms with van der Waals surface area (Å²) in [4.78, 5) is 35.5. The molecule has 2 amide bonds. The van der Waals surface area contributed by atoms with Crippen molar-refractivity contribution in [3.8, 4) is 0 Å². The molecule has 0 saturated heterocycles. The number of esters is 1. The van der Waals surface area contributed by atoms with Gasteiger partial charge in [0.15, 0.2) is 6.61 Å². The minimum absolute atomic E-state index is 0.00877. The lowest BCUT2D eigenvalue weighted by atomic mass is 10.2. The first-order chi connectivity index (χ1) is 11.5. The van der Waals surface area contributed by atoms with Crippen LogP contribution in [0.4, 0.5) is 5.69 Å². The van der Waals surface area contributed by atoms with Crippen molar-refractivity contribution >= 4 is 34.8 Å². The first kappa shape index (κ1) is 17.7. The Labute approximate surface area is 143 Å². The van der Waals surface area contributed by atoms with Crippen LogP contribution in [0.15, 0.2) is 41.8 Å². The molecule has 1 heterocycles. The van der Waals surface area contributed by atoms with Crippen molar-refractivity contribution in [3.63, 3.8) is 0 Å². The molecule has 6 nitrogen and oxygen atoms in total. The van der Waals surface area contributed by atoms with E-state index in [1.165, 1.54) is 11.3 Å². The summed E-state index contributed by atoms with van der Waals surface area (Å²) in [5, 5.41) is 7.07. The van der Waals surface area contributed by atoms with E-state index in [9.17, 15) is 14.4 Å². The van der Waals surface area contributed by atoms with E-state index in [1.807, 2.05) is 25.1 Å². The first-order valence-corrected chi connectivity index (χ1v) is 8.26. The van der Waals surface area contributed by atoms with E-state index < -0.39 is 11.9 Å². The highest BCUT2D eigenvalue weighted by Gasteiger charge is 2.10. The van der Waals surface area contributed by atoms with Crippen molar-refractivity contribution in [2.45, 2.75) is 13.3 Å². The Hall–Kier alpha value is -2.67. The molecule has 0 fully saturated rings. The van der Waals surface area contributed by atoms with Gasteiger partial charge in [0.2, 0.25) is 0 Å². The summed E-state index contributed by atoms with van der Waals surface area (Å²) in [6.07, 6.45) is 0.00877. The third-order valence-electron chi connectivity index (χ3n) is 3.03. The number of hydrogen-bond donors (Lipinski definition) is 2. The number of nitrogens with one attached hydrogen (secondary N) is 2. The zero-order valence-corrected chi connectivity index (χ0v) is 14.0. The third-order valence-corrected chi connectivity index (χ3v) is 3.89. The zero-order chi connectivity index (χ0) is 17.4. The van der Waals surface area contributed by atoms with Gasteiger partial charge in [-0.3, -0.25) is 14.4 Å². The molecule has 2 N–H and O–H groups in total. The average molecular weight is 346 g/mol. The number of hydrogen-bond acceptors (Lipinski definition) is 5. The molecule has 0 aliphatic rings. The summed E-state index contributed by atoms with van der Waals surface area (Å²) in [5.74, 6) is -1.17. The average Bonchev–Trinajstić information content (AvgIpc) is 3.07. The van der Waals surface area contributed by atoms with E-state index in [2.05, 4.69) is 10.6 Å². The van der Waals surface area contributed by atoms with Crippen molar-refractivity contribution < 1.29 is 19.1 Å². The Morgan fingerprint density at radius 2 is 2.00 bits per heavy atom. The molecule has 1 aromatic heterocycles. The van der Waals surface area contributed by atoms with E-state index in [-0.39, 0.29) is 25.5 Å². The molecule has 0 bridgehead atoms. The number of aryl methyl sites for hydroxylation is 1. The van der Waals surface area contributed by atoms with Crippen LogP contribution < -0.4 is 10.6 Å². The second-order valence-corrected chi connectivity index (χ2v) is 6.01. The van der Waals surface area contributed by atoms with Crippen LogP contribution in [0.3, 0.4) is 0 Å². The lowest BCUT2D eigenvalue weighted by Crippen LogP contribution is -2.27. The number of carbonyl (C=O) groups excluding carboxylic acids is 3. The van der Waals surface area contributed by atoms with E-state index >= 15 is 0 Å². The maximum Gasteiger partial charge on any atom is 0.308 e. The summed E-state index contributed by atoms with van der Waals surface area (Å²) in [5.41, 5.74) is 1.67. The van der Waals surface area contributed by atoms with E-state index in [0.29, 0.717) is 10.6 Å². The SMILES string of the molecule is Cc1cccc(NC(=O)COC(=O)CCNC(=O)c2cccs2)c1. The molecule has 126 valence electrons. The molecule has 0 saturated carbocycles. The Kier molecular flexibility index (Phi) is 6.51. The second kappa shape index (κ2) is 8.83. The number of thiophene rings is 1. The van der Waals surface area contributed by atoms with Gasteiger partial charge in [0.1, 0.15) is 0 Å². The minimum Gasteiger partial charge on any atom is -0.456 e. The van der Waals surface area contributed by atoms with Gasteiger partial charge in [-0.15, -0.1) is 11.3 Å². The summed E-state index contributed by atoms with van der Waals surface area (Å²) >= 11 is 1.32. The fourth-order valence-electron chi connectivity index (χ4n) is 1.91. The molecule has 7 heteroatoms. The van der Waals surface area contributed by atoms with Gasteiger partial charge in [-0.25, -0.2) is 0 Å². The van der Waals surface area contributed by atoms with Crippen LogP contribution in [0.2, 0.25) is 0 Å². The molecule has 0 unspecified atom stereocenters. The fourth-order valence-corrected chi connectivity index (χ4v) is 2.55. The molecular formula is C17H18N2O4S. The van der Waals surface area contributed by atoms with Crippen LogP contribution in [0.5, 0.6) is 0 Å². The summed E-state index contributed by atoms with van der Waals surface area (Å²) in [7, 11) is 0. The molecule has 2 rings (SSSR count). The molecule has 24 heavy (non-hydrogen) atoms. The van der Waals surface area contributed by atoms with Gasteiger partial charge in [-0.2, -0.15) is 0 Å². The number of amides is 2. The topological polar surface area (TPSA) is 84.5 Å². The fraction of sp³-hybridized carbons (Fsp3) is 0.235. The molecule has 0 radical (unpaired) electrons. The highest BCUT2D eigenvalue weighted by molar-refractivity contribution is 7.12. The Morgan fingerprint density at radius 3 is 2.71 bits per heavy atom. The minimum atomic E-state index is -0.541. The number of anilines is 1. The van der Waals surface area contributed by atoms with E-state index in [1.54, 1.807) is 23.6 Å². The Morgan fingerprint density at radius 1 is 1.17 bits per heavy atom. The Balaban J connectivity index is 1.64. The predicted molar refractivity (Wildman–Crippen MR) is 92.0 cm³/mol. The number of benzene rings is 1. The zero-order valence-electron chi connectivity index (χ0n) is 13.2. The molecule has 0 atom stereocenters. The number of carbonyl (C=O) groups is 3. The van der Waals surface area contributed by atoms with Gasteiger partial charge < -0.3 is 15.4 Å². The number of ether oxygens (including phenoxy) is 1. The lowest BCUT2D eigenvalue weighted by Gasteiger charge is -2.07. The van der Waals surface area contributed by atoms with Gasteiger partial charge in [-0.05, 0) is 36.1 Å². The Bertz CT molecular complexity index is 713. The standard InChI is InChI=1S/C17H18N2O4S/c1-12-4-2-5-13(10-12)19-15(20)11-23-16(21)7-8-18-17(22)14-6-3-9-24-14/h2-6,9-10H,7-8,11H2,1H3,(H,18,22)(H,19,20). The van der Waals surface area contributed by atoms with Crippen LogP contribution in [-0.4, -0.2) is 30.9 Å². The number of rotatable bonds is 7. The lowest BCUT2D eigenvalue weighted by molar-refractivity contribution is -0.147. The quantitative estimate of drug-likeness (QED) is 0.754. The van der Waals surface area contributed by atoms with Crippen LogP contribution in [0, 0.1) is 6.92 Å². The van der Waals surface area contributed by atoms with Crippen molar-refractivity contribution in [1.82, 2.24) is 5.32 Å². The molecule has 2 aromatic rings. The maximum absolute atomic E-state index is 11.7. The normalized spacial score (nSPS) is 10.0. The third kappa shape index (κ3) is 5.85. The van der Waals surface area contributed by atoms with Crippen LogP contribution in [0.25, 0.3) is 0 Å². The second-order valence-electron chi connectivity index (χ2n) is 5.06. The monoisotopic (exact) mass is 346 g/mol. The van der Waals surface area contributed by atoms with Crippen molar-refractivity contribution in [3.05, 3.63) is 52.2 Å². The molecule has 0 aliphatic heterocycles. The predicted octanol–water partition coefficient (Wildman–Crippen LogP) is 2.36. The maximum atomic E-state index is 11.7. The van der Waals surface area contributed by atoms with Gasteiger partial charge in [0.25, 0.3) is 11.8 Å². The largest absolute Gasteiger partial charge is 0.456 e. The summed E-state index contributed by atoms with van der Waals surface area (Å²) in [6, 6.07) is 10.8. The summed E-state index contributed by atoms with van der Waals surface area (Å²) in [6.45, 7) is 1.72. The van der Waals surface area contributed by atoms with Crippen LogP contribution in [0.1, 0.15) is 21.7 Å². The van der Waals surface area contributed by atoms with Crippen LogP contribution in [-0.2, 0) is 14.3 Å². The highest BCUT2D eigenvalue weighted by atomic mass is 32.1. The molecule has 0 spiro atoms. The smallest absolute Gasteiger partial charge is 0.308 e. The molecular weight excluding hydrogens is 328 g/mol. The van der Waals surface area contributed by atoms with Crippen molar-refractivity contribution in [1.29, 1.82) is 0 Å². The van der Waals surface area contributed by atoms with E-state index in [0.717, 1.165) is 5.56 Å². The van der Waals surface area contributed by atoms with Crippen molar-refractivity contribution in [2.24, 2.45) is 0 Å².